The summed E-state index contributed by atoms with van der Waals surface area (Å²) in [6, 6.07) is 21.9. The predicted octanol–water partition coefficient (Wildman–Crippen LogP) is 4.60. The highest BCUT2D eigenvalue weighted by molar-refractivity contribution is 5.87. The first kappa shape index (κ1) is 15.4. The predicted molar refractivity (Wildman–Crippen MR) is 95.3 cm³/mol. The normalized spacial score (nSPS) is 11.1. The maximum absolute atomic E-state index is 10.8. The van der Waals surface area contributed by atoms with Crippen molar-refractivity contribution in [1.82, 2.24) is 4.98 Å². The lowest BCUT2D eigenvalue weighted by atomic mass is 10.1. The second-order valence-electron chi connectivity index (χ2n) is 5.11. The number of anilines is 1. The first-order valence-corrected chi connectivity index (χ1v) is 7.42. The van der Waals surface area contributed by atoms with E-state index in [1.807, 2.05) is 54.6 Å². The van der Waals surface area contributed by atoms with E-state index in [1.54, 1.807) is 18.3 Å². The molecule has 0 aliphatic rings. The Hall–Kier alpha value is -3.47. The topological polar surface area (TPSA) is 68.1 Å². The van der Waals surface area contributed by atoms with Crippen LogP contribution in [0.1, 0.15) is 11.3 Å². The maximum Gasteiger partial charge on any atom is 0.269 e. The lowest BCUT2D eigenvalue weighted by Crippen LogP contribution is -2.00. The monoisotopic (exact) mass is 317 g/mol. The molecule has 118 valence electrons. The van der Waals surface area contributed by atoms with Crippen LogP contribution in [0.4, 0.5) is 11.4 Å². The Morgan fingerprint density at radius 2 is 1.67 bits per heavy atom. The molecule has 1 heterocycles. The van der Waals surface area contributed by atoms with E-state index >= 15 is 0 Å². The van der Waals surface area contributed by atoms with Gasteiger partial charge in [0.1, 0.15) is 0 Å². The third kappa shape index (κ3) is 3.84. The molecule has 0 amide bonds. The summed E-state index contributed by atoms with van der Waals surface area (Å²) in [6.07, 6.45) is 3.64. The number of pyridine rings is 1. The van der Waals surface area contributed by atoms with Crippen LogP contribution in [0.3, 0.4) is 0 Å². The molecule has 0 aliphatic carbocycles. The van der Waals surface area contributed by atoms with E-state index in [9.17, 15) is 10.1 Å². The van der Waals surface area contributed by atoms with Gasteiger partial charge in [-0.15, -0.1) is 0 Å². The summed E-state index contributed by atoms with van der Waals surface area (Å²) >= 11 is 0. The molecule has 0 fully saturated rings. The minimum absolute atomic E-state index is 0.0718. The number of non-ortho nitro benzene ring substituents is 1. The average molecular weight is 317 g/mol. The van der Waals surface area contributed by atoms with Crippen LogP contribution in [-0.4, -0.2) is 9.91 Å². The van der Waals surface area contributed by atoms with Crippen molar-refractivity contribution < 1.29 is 4.92 Å². The fourth-order valence-corrected chi connectivity index (χ4v) is 2.23. The van der Waals surface area contributed by atoms with Crippen molar-refractivity contribution in [2.75, 3.05) is 5.32 Å². The molecule has 24 heavy (non-hydrogen) atoms. The Kier molecular flexibility index (Phi) is 4.62. The fourth-order valence-electron chi connectivity index (χ4n) is 2.23. The number of para-hydroxylation sites is 1. The van der Waals surface area contributed by atoms with Gasteiger partial charge in [0, 0.05) is 24.0 Å². The molecule has 0 radical (unpaired) electrons. The van der Waals surface area contributed by atoms with Gasteiger partial charge in [-0.05, 0) is 48.0 Å². The van der Waals surface area contributed by atoms with E-state index in [1.165, 1.54) is 12.1 Å². The van der Waals surface area contributed by atoms with E-state index in [2.05, 4.69) is 10.3 Å². The van der Waals surface area contributed by atoms with E-state index in [0.717, 1.165) is 22.6 Å². The molecule has 5 heteroatoms. The Bertz CT molecular complexity index is 845. The highest BCUT2D eigenvalue weighted by Crippen LogP contribution is 2.21. The van der Waals surface area contributed by atoms with Gasteiger partial charge in [0.15, 0.2) is 0 Å². The number of hydrogen-bond acceptors (Lipinski definition) is 4. The Morgan fingerprint density at radius 1 is 0.958 bits per heavy atom. The molecule has 0 saturated carbocycles. The third-order valence-corrected chi connectivity index (χ3v) is 3.41. The van der Waals surface area contributed by atoms with E-state index in [-0.39, 0.29) is 5.69 Å². The molecule has 0 bridgehead atoms. The third-order valence-electron chi connectivity index (χ3n) is 3.41. The molecule has 3 aromatic rings. The van der Waals surface area contributed by atoms with Gasteiger partial charge < -0.3 is 5.32 Å². The summed E-state index contributed by atoms with van der Waals surface area (Å²) in [5, 5.41) is 14.1. The van der Waals surface area contributed by atoms with Crippen molar-refractivity contribution in [3.8, 4) is 0 Å². The minimum Gasteiger partial charge on any atom is -0.354 e. The number of aromatic nitrogens is 1. The second kappa shape index (κ2) is 7.19. The molecule has 0 spiro atoms. The van der Waals surface area contributed by atoms with Gasteiger partial charge in [-0.2, -0.15) is 0 Å². The second-order valence-corrected chi connectivity index (χ2v) is 5.11. The summed E-state index contributed by atoms with van der Waals surface area (Å²) in [5.41, 5.74) is 3.47. The molecule has 3 rings (SSSR count). The first-order valence-electron chi connectivity index (χ1n) is 7.42. The van der Waals surface area contributed by atoms with Crippen LogP contribution < -0.4 is 5.32 Å². The summed E-state index contributed by atoms with van der Waals surface area (Å²) < 4.78 is 0. The summed E-state index contributed by atoms with van der Waals surface area (Å²) in [5.74, 6) is 0. The molecule has 0 atom stereocenters. The number of rotatable bonds is 5. The highest BCUT2D eigenvalue weighted by Gasteiger charge is 2.06. The molecule has 1 N–H and O–H groups in total. The minimum atomic E-state index is -0.407. The largest absolute Gasteiger partial charge is 0.354 e. The summed E-state index contributed by atoms with van der Waals surface area (Å²) in [4.78, 5) is 14.7. The van der Waals surface area contributed by atoms with Gasteiger partial charge in [0.25, 0.3) is 5.69 Å². The van der Waals surface area contributed by atoms with Gasteiger partial charge in [-0.3, -0.25) is 15.1 Å². The van der Waals surface area contributed by atoms with Crippen LogP contribution in [0.5, 0.6) is 0 Å². The molecular formula is C19H15N3O2. The zero-order valence-corrected chi connectivity index (χ0v) is 12.8. The summed E-state index contributed by atoms with van der Waals surface area (Å²) in [7, 11) is 0. The zero-order valence-electron chi connectivity index (χ0n) is 12.8. The van der Waals surface area contributed by atoms with Crippen LogP contribution in [0, 0.1) is 10.1 Å². The van der Waals surface area contributed by atoms with E-state index < -0.39 is 4.92 Å². The molecule has 0 unspecified atom stereocenters. The molecule has 0 saturated heterocycles. The van der Waals surface area contributed by atoms with Gasteiger partial charge >= 0.3 is 0 Å². The van der Waals surface area contributed by atoms with Crippen LogP contribution in [0.2, 0.25) is 0 Å². The van der Waals surface area contributed by atoms with Crippen molar-refractivity contribution in [2.24, 2.45) is 0 Å². The van der Waals surface area contributed by atoms with Crippen LogP contribution in [0.25, 0.3) is 11.8 Å². The molecule has 2 aromatic carbocycles. The van der Waals surface area contributed by atoms with Gasteiger partial charge in [0.05, 0.1) is 16.3 Å². The molecular weight excluding hydrogens is 302 g/mol. The van der Waals surface area contributed by atoms with Crippen LogP contribution in [-0.2, 0) is 0 Å². The fraction of sp³-hybridized carbons (Fsp3) is 0. The highest BCUT2D eigenvalue weighted by atomic mass is 16.6. The zero-order chi connectivity index (χ0) is 16.8. The number of nitro benzene ring substituents is 1. The van der Waals surface area contributed by atoms with Crippen LogP contribution in [0.15, 0.2) is 79.0 Å². The number of nitrogens with one attached hydrogen (secondary N) is 1. The van der Waals surface area contributed by atoms with Crippen molar-refractivity contribution in [3.63, 3.8) is 0 Å². The van der Waals surface area contributed by atoms with Gasteiger partial charge in [-0.1, -0.05) is 24.3 Å². The maximum atomic E-state index is 10.8. The lowest BCUT2D eigenvalue weighted by molar-refractivity contribution is -0.384. The van der Waals surface area contributed by atoms with Gasteiger partial charge in [-0.25, -0.2) is 0 Å². The standard InChI is InChI=1S/C19H15N3O2/c23-22(24)17-11-9-15(10-12-17)14-19(18-8-4-5-13-20-18)21-16-6-2-1-3-7-16/h1-14,21H. The van der Waals surface area contributed by atoms with Gasteiger partial charge in [0.2, 0.25) is 0 Å². The Balaban J connectivity index is 1.96. The first-order chi connectivity index (χ1) is 11.7. The van der Waals surface area contributed by atoms with Crippen LogP contribution >= 0.6 is 0 Å². The average Bonchev–Trinajstić information content (AvgIpc) is 2.63. The number of nitro groups is 1. The van der Waals surface area contributed by atoms with E-state index in [0.29, 0.717) is 0 Å². The molecule has 5 nitrogen and oxygen atoms in total. The Morgan fingerprint density at radius 3 is 2.29 bits per heavy atom. The van der Waals surface area contributed by atoms with Crippen molar-refractivity contribution >= 4 is 23.1 Å². The number of hydrogen-bond donors (Lipinski definition) is 1. The van der Waals surface area contributed by atoms with Crippen molar-refractivity contribution in [3.05, 3.63) is 100 Å². The quantitative estimate of drug-likeness (QED) is 0.551. The van der Waals surface area contributed by atoms with E-state index in [4.69, 9.17) is 0 Å². The SMILES string of the molecule is O=[N+]([O-])c1ccc(C=C(Nc2ccccc2)c2ccccn2)cc1. The smallest absolute Gasteiger partial charge is 0.269 e. The summed E-state index contributed by atoms with van der Waals surface area (Å²) in [6.45, 7) is 0. The van der Waals surface area contributed by atoms with Crippen molar-refractivity contribution in [1.29, 1.82) is 0 Å². The Labute approximate surface area is 139 Å². The number of nitrogens with zero attached hydrogens (tertiary/aromatic N) is 2. The number of benzene rings is 2. The van der Waals surface area contributed by atoms with Crippen molar-refractivity contribution in [2.45, 2.75) is 0 Å². The lowest BCUT2D eigenvalue weighted by Gasteiger charge is -2.11. The molecule has 1 aromatic heterocycles. The molecule has 0 aliphatic heterocycles.